The number of carbonyl (C=O) groups is 1. The quantitative estimate of drug-likeness (QED) is 0.838. The van der Waals surface area contributed by atoms with Crippen LogP contribution in [0.1, 0.15) is 82.9 Å². The van der Waals surface area contributed by atoms with Crippen LogP contribution < -0.4 is 0 Å². The normalized spacial score (nSPS) is 21.2. The van der Waals surface area contributed by atoms with Crippen LogP contribution in [0.4, 0.5) is 0 Å². The van der Waals surface area contributed by atoms with E-state index in [-0.39, 0.29) is 0 Å². The highest BCUT2D eigenvalue weighted by Gasteiger charge is 2.31. The van der Waals surface area contributed by atoms with E-state index in [0.717, 1.165) is 30.9 Å². The Bertz CT molecular complexity index is 605. The van der Waals surface area contributed by atoms with Crippen molar-refractivity contribution in [2.24, 2.45) is 18.4 Å². The molecule has 4 nitrogen and oxygen atoms in total. The summed E-state index contributed by atoms with van der Waals surface area (Å²) < 4.78 is 2.24. The van der Waals surface area contributed by atoms with Gasteiger partial charge in [0.15, 0.2) is 0 Å². The van der Waals surface area contributed by atoms with Gasteiger partial charge in [0.2, 0.25) is 5.91 Å². The van der Waals surface area contributed by atoms with Crippen LogP contribution in [0, 0.1) is 11.3 Å². The van der Waals surface area contributed by atoms with Gasteiger partial charge in [-0.1, -0.05) is 27.7 Å². The molecule has 0 atom stereocenters. The second kappa shape index (κ2) is 6.53. The summed E-state index contributed by atoms with van der Waals surface area (Å²) in [6.07, 6.45) is 6.60. The van der Waals surface area contributed by atoms with Gasteiger partial charge in [-0.3, -0.25) is 4.79 Å². The Morgan fingerprint density at radius 2 is 1.96 bits per heavy atom. The van der Waals surface area contributed by atoms with Crippen LogP contribution in [0.25, 0.3) is 0 Å². The minimum Gasteiger partial charge on any atom is -0.336 e. The Morgan fingerprint density at radius 1 is 1.29 bits per heavy atom. The van der Waals surface area contributed by atoms with Gasteiger partial charge < -0.3 is 9.47 Å². The van der Waals surface area contributed by atoms with E-state index in [1.807, 2.05) is 4.90 Å². The largest absolute Gasteiger partial charge is 0.336 e. The van der Waals surface area contributed by atoms with Gasteiger partial charge in [0.25, 0.3) is 0 Å². The van der Waals surface area contributed by atoms with Crippen molar-refractivity contribution in [3.8, 4) is 0 Å². The van der Waals surface area contributed by atoms with E-state index in [1.165, 1.54) is 31.4 Å². The Hall–Kier alpha value is -1.32. The van der Waals surface area contributed by atoms with Crippen molar-refractivity contribution in [1.82, 2.24) is 14.5 Å². The summed E-state index contributed by atoms with van der Waals surface area (Å²) in [6.45, 7) is 10.6. The van der Waals surface area contributed by atoms with Gasteiger partial charge in [-0.2, -0.15) is 0 Å². The molecule has 2 aliphatic rings. The van der Waals surface area contributed by atoms with Gasteiger partial charge in [-0.15, -0.1) is 0 Å². The average molecular weight is 332 g/mol. The molecule has 3 rings (SSSR count). The van der Waals surface area contributed by atoms with E-state index in [2.05, 4.69) is 39.3 Å². The van der Waals surface area contributed by atoms with Crippen molar-refractivity contribution in [3.63, 3.8) is 0 Å². The molecular formula is C20H33N3O. The summed E-state index contributed by atoms with van der Waals surface area (Å²) in [5, 5.41) is 0. The second-order valence-electron chi connectivity index (χ2n) is 8.95. The number of rotatable bonds is 3. The van der Waals surface area contributed by atoms with E-state index >= 15 is 0 Å². The first kappa shape index (κ1) is 17.5. The van der Waals surface area contributed by atoms with Crippen molar-refractivity contribution < 1.29 is 4.79 Å². The lowest BCUT2D eigenvalue weighted by Gasteiger charge is -2.35. The van der Waals surface area contributed by atoms with E-state index in [4.69, 9.17) is 4.98 Å². The molecule has 2 heterocycles. The fourth-order valence-corrected chi connectivity index (χ4v) is 4.32. The van der Waals surface area contributed by atoms with Crippen molar-refractivity contribution in [2.45, 2.75) is 78.7 Å². The van der Waals surface area contributed by atoms with Crippen LogP contribution in [0.15, 0.2) is 0 Å². The Kier molecular flexibility index (Phi) is 4.76. The molecule has 0 radical (unpaired) electrons. The van der Waals surface area contributed by atoms with Crippen LogP contribution in [0.2, 0.25) is 0 Å². The molecule has 0 aromatic carbocycles. The number of hydrogen-bond acceptors (Lipinski definition) is 2. The van der Waals surface area contributed by atoms with Gasteiger partial charge in [-0.05, 0) is 37.0 Å². The first-order chi connectivity index (χ1) is 11.3. The van der Waals surface area contributed by atoms with E-state index in [0.29, 0.717) is 29.7 Å². The molecule has 1 aromatic rings. The number of carbonyl (C=O) groups excluding carboxylic acids is 1. The summed E-state index contributed by atoms with van der Waals surface area (Å²) in [7, 11) is 2.11. The molecule has 1 saturated carbocycles. The first-order valence-corrected chi connectivity index (χ1v) is 9.59. The highest BCUT2D eigenvalue weighted by atomic mass is 16.2. The number of aromatic nitrogens is 2. The van der Waals surface area contributed by atoms with Crippen LogP contribution in [0.3, 0.4) is 0 Å². The van der Waals surface area contributed by atoms with E-state index < -0.39 is 0 Å². The fraction of sp³-hybridized carbons (Fsp3) is 0.800. The van der Waals surface area contributed by atoms with Crippen LogP contribution in [0.5, 0.6) is 0 Å². The lowest BCUT2D eigenvalue weighted by atomic mass is 9.72. The Labute approximate surface area is 146 Å². The maximum atomic E-state index is 12.8. The molecular weight excluding hydrogens is 298 g/mol. The predicted molar refractivity (Wildman–Crippen MR) is 96.8 cm³/mol. The van der Waals surface area contributed by atoms with Gasteiger partial charge in [0.05, 0.1) is 12.2 Å². The molecule has 4 heteroatoms. The molecule has 0 N–H and O–H groups in total. The highest BCUT2D eigenvalue weighted by molar-refractivity contribution is 5.76. The van der Waals surface area contributed by atoms with Gasteiger partial charge in [0, 0.05) is 38.0 Å². The molecule has 0 bridgehead atoms. The van der Waals surface area contributed by atoms with Crippen LogP contribution >= 0.6 is 0 Å². The van der Waals surface area contributed by atoms with E-state index in [9.17, 15) is 4.79 Å². The average Bonchev–Trinajstić information content (AvgIpc) is 2.86. The lowest BCUT2D eigenvalue weighted by Crippen LogP contribution is -2.37. The summed E-state index contributed by atoms with van der Waals surface area (Å²) >= 11 is 0. The zero-order valence-electron chi connectivity index (χ0n) is 16.1. The smallest absolute Gasteiger partial charge is 0.223 e. The zero-order chi connectivity index (χ0) is 17.5. The molecule has 1 amide bonds. The Morgan fingerprint density at radius 3 is 2.58 bits per heavy atom. The van der Waals surface area contributed by atoms with Crippen molar-refractivity contribution in [1.29, 1.82) is 0 Å². The molecule has 1 aliphatic carbocycles. The van der Waals surface area contributed by atoms with Gasteiger partial charge in [-0.25, -0.2) is 4.98 Å². The fourth-order valence-electron chi connectivity index (χ4n) is 4.32. The molecule has 0 spiro atoms. The second-order valence-corrected chi connectivity index (χ2v) is 8.95. The zero-order valence-corrected chi connectivity index (χ0v) is 16.1. The third kappa shape index (κ3) is 3.52. The summed E-state index contributed by atoms with van der Waals surface area (Å²) in [5.41, 5.74) is 2.91. The van der Waals surface area contributed by atoms with Crippen LogP contribution in [-0.4, -0.2) is 26.9 Å². The maximum absolute atomic E-state index is 12.8. The Balaban J connectivity index is 1.61. The maximum Gasteiger partial charge on any atom is 0.223 e. The molecule has 1 aromatic heterocycles. The topological polar surface area (TPSA) is 38.1 Å². The number of hydrogen-bond donors (Lipinski definition) is 0. The molecule has 1 aliphatic heterocycles. The number of nitrogens with zero attached hydrogens (tertiary/aromatic N) is 3. The summed E-state index contributed by atoms with van der Waals surface area (Å²) in [6, 6.07) is 0. The highest BCUT2D eigenvalue weighted by Crippen LogP contribution is 2.39. The van der Waals surface area contributed by atoms with Crippen molar-refractivity contribution >= 4 is 5.91 Å². The van der Waals surface area contributed by atoms with Gasteiger partial charge in [0.1, 0.15) is 5.82 Å². The SMILES string of the molecule is CC(C)c1nc2c(n1C)CCN(C(=O)CC1CCC(C)(C)CC1)C2. The number of amides is 1. The van der Waals surface area contributed by atoms with Crippen molar-refractivity contribution in [3.05, 3.63) is 17.2 Å². The molecule has 134 valence electrons. The standard InChI is InChI=1S/C20H33N3O/c1-14(2)19-21-16-13-23(11-8-17(16)22(19)5)18(24)12-15-6-9-20(3,4)10-7-15/h14-15H,6-13H2,1-5H3. The third-order valence-electron chi connectivity index (χ3n) is 6.08. The minimum absolute atomic E-state index is 0.335. The molecule has 24 heavy (non-hydrogen) atoms. The van der Waals surface area contributed by atoms with E-state index in [1.54, 1.807) is 0 Å². The molecule has 0 saturated heterocycles. The summed E-state index contributed by atoms with van der Waals surface area (Å²) in [4.78, 5) is 19.6. The molecule has 0 unspecified atom stereocenters. The third-order valence-corrected chi connectivity index (χ3v) is 6.08. The number of imidazole rings is 1. The van der Waals surface area contributed by atoms with Crippen LogP contribution in [-0.2, 0) is 24.8 Å². The lowest BCUT2D eigenvalue weighted by molar-refractivity contribution is -0.133. The monoisotopic (exact) mass is 331 g/mol. The van der Waals surface area contributed by atoms with Gasteiger partial charge >= 0.3 is 0 Å². The van der Waals surface area contributed by atoms with Crippen molar-refractivity contribution in [2.75, 3.05) is 6.54 Å². The molecule has 1 fully saturated rings. The minimum atomic E-state index is 0.335. The predicted octanol–water partition coefficient (Wildman–Crippen LogP) is 4.03. The summed E-state index contributed by atoms with van der Waals surface area (Å²) in [5.74, 6) is 2.49. The first-order valence-electron chi connectivity index (χ1n) is 9.59. The number of fused-ring (bicyclic) bond motifs is 1.